The third-order valence-corrected chi connectivity index (χ3v) is 7.27. The van der Waals surface area contributed by atoms with E-state index in [-0.39, 0.29) is 24.3 Å². The lowest BCUT2D eigenvalue weighted by Crippen LogP contribution is -2.42. The first-order valence-corrected chi connectivity index (χ1v) is 13.0. The molecule has 1 N–H and O–H groups in total. The molecule has 4 nitrogen and oxygen atoms in total. The quantitative estimate of drug-likeness (QED) is 0.334. The van der Waals surface area contributed by atoms with Crippen LogP contribution in [0.2, 0.25) is 0 Å². The standard InChI is InChI=1S/C28H23Br2FN2O2/c29-21-12-8-18(9-13-21)16-20-4-3-5-23-27(20)32-33(28(23)19-10-14-22(30)15-11-19)26(34)17-35-25-7-2-1-6-24(25)31/h1-2,6-16,28,32H,3-5,17H2/b20-16+/t28-/m1/s1. The number of rotatable bonds is 5. The van der Waals surface area contributed by atoms with Crippen molar-refractivity contribution in [2.24, 2.45) is 0 Å². The number of allylic oxidation sites excluding steroid dienone is 1. The van der Waals surface area contributed by atoms with Crippen LogP contribution in [0.4, 0.5) is 4.39 Å². The Bertz CT molecular complexity index is 1300. The van der Waals surface area contributed by atoms with Crippen LogP contribution in [-0.2, 0) is 4.79 Å². The van der Waals surface area contributed by atoms with Gasteiger partial charge in [0.05, 0.1) is 5.70 Å². The van der Waals surface area contributed by atoms with Crippen molar-refractivity contribution in [2.75, 3.05) is 6.61 Å². The molecule has 35 heavy (non-hydrogen) atoms. The third-order valence-electron chi connectivity index (χ3n) is 6.21. The number of para-hydroxylation sites is 1. The lowest BCUT2D eigenvalue weighted by Gasteiger charge is -2.27. The van der Waals surface area contributed by atoms with Gasteiger partial charge in [-0.1, -0.05) is 68.3 Å². The van der Waals surface area contributed by atoms with Crippen molar-refractivity contribution in [3.63, 3.8) is 0 Å². The average molecular weight is 598 g/mol. The molecule has 0 spiro atoms. The van der Waals surface area contributed by atoms with Gasteiger partial charge >= 0.3 is 0 Å². The summed E-state index contributed by atoms with van der Waals surface area (Å²) in [5.74, 6) is -0.691. The van der Waals surface area contributed by atoms with Gasteiger partial charge in [-0.2, -0.15) is 0 Å². The van der Waals surface area contributed by atoms with E-state index < -0.39 is 5.82 Å². The van der Waals surface area contributed by atoms with Crippen molar-refractivity contribution in [2.45, 2.75) is 25.3 Å². The van der Waals surface area contributed by atoms with Gasteiger partial charge in [0.15, 0.2) is 18.2 Å². The summed E-state index contributed by atoms with van der Waals surface area (Å²) in [6, 6.07) is 22.0. The largest absolute Gasteiger partial charge is 0.481 e. The number of halogens is 3. The van der Waals surface area contributed by atoms with Gasteiger partial charge in [-0.15, -0.1) is 0 Å². The zero-order chi connectivity index (χ0) is 24.4. The molecule has 0 unspecified atom stereocenters. The van der Waals surface area contributed by atoms with Crippen molar-refractivity contribution in [1.82, 2.24) is 10.4 Å². The van der Waals surface area contributed by atoms with Gasteiger partial charge < -0.3 is 4.74 Å². The number of nitrogens with one attached hydrogen (secondary N) is 1. The first-order chi connectivity index (χ1) is 17.0. The van der Waals surface area contributed by atoms with Gasteiger partial charge in [-0.25, -0.2) is 9.40 Å². The molecular weight excluding hydrogens is 575 g/mol. The number of carbonyl (C=O) groups is 1. The van der Waals surface area contributed by atoms with Crippen molar-refractivity contribution in [1.29, 1.82) is 0 Å². The Morgan fingerprint density at radius 3 is 2.40 bits per heavy atom. The van der Waals surface area contributed by atoms with E-state index in [2.05, 4.69) is 55.5 Å². The number of carbonyl (C=O) groups excluding carboxylic acids is 1. The second-order valence-corrected chi connectivity index (χ2v) is 10.4. The van der Waals surface area contributed by atoms with Gasteiger partial charge in [0.1, 0.15) is 6.04 Å². The summed E-state index contributed by atoms with van der Waals surface area (Å²) in [4.78, 5) is 13.4. The highest BCUT2D eigenvalue weighted by molar-refractivity contribution is 9.10. The number of hydrogen-bond donors (Lipinski definition) is 1. The lowest BCUT2D eigenvalue weighted by molar-refractivity contribution is -0.137. The molecule has 178 valence electrons. The highest BCUT2D eigenvalue weighted by Gasteiger charge is 2.39. The molecule has 0 bridgehead atoms. The molecule has 7 heteroatoms. The van der Waals surface area contributed by atoms with Crippen LogP contribution in [-0.4, -0.2) is 17.5 Å². The zero-order valence-corrected chi connectivity index (χ0v) is 22.0. The number of ether oxygens (including phenoxy) is 1. The number of benzene rings is 3. The molecule has 5 rings (SSSR count). The average Bonchev–Trinajstić information content (AvgIpc) is 3.26. The fourth-order valence-electron chi connectivity index (χ4n) is 4.56. The maximum atomic E-state index is 14.0. The van der Waals surface area contributed by atoms with Crippen molar-refractivity contribution in [3.05, 3.63) is 116 Å². The molecule has 0 saturated carbocycles. The molecule has 0 radical (unpaired) electrons. The molecule has 0 aromatic heterocycles. The van der Waals surface area contributed by atoms with Gasteiger partial charge in [-0.05, 0) is 84.0 Å². The molecule has 0 saturated heterocycles. The maximum absolute atomic E-state index is 14.0. The molecule has 3 aromatic carbocycles. The third kappa shape index (κ3) is 5.21. The van der Waals surface area contributed by atoms with Gasteiger partial charge in [0.25, 0.3) is 5.91 Å². The van der Waals surface area contributed by atoms with Crippen LogP contribution in [0.3, 0.4) is 0 Å². The van der Waals surface area contributed by atoms with Crippen LogP contribution in [0.5, 0.6) is 5.75 Å². The predicted molar refractivity (Wildman–Crippen MR) is 142 cm³/mol. The van der Waals surface area contributed by atoms with Crippen LogP contribution in [0.1, 0.15) is 36.4 Å². The Morgan fingerprint density at radius 2 is 1.69 bits per heavy atom. The molecule has 1 amide bonds. The summed E-state index contributed by atoms with van der Waals surface area (Å²) >= 11 is 6.99. The monoisotopic (exact) mass is 596 g/mol. The summed E-state index contributed by atoms with van der Waals surface area (Å²) in [6.45, 7) is -0.271. The van der Waals surface area contributed by atoms with Crippen molar-refractivity contribution in [3.8, 4) is 5.75 Å². The van der Waals surface area contributed by atoms with E-state index in [0.29, 0.717) is 0 Å². The highest BCUT2D eigenvalue weighted by atomic mass is 79.9. The Balaban J connectivity index is 1.47. The molecule has 0 fully saturated rings. The molecule has 1 aliphatic carbocycles. The maximum Gasteiger partial charge on any atom is 0.279 e. The second-order valence-electron chi connectivity index (χ2n) is 8.52. The minimum atomic E-state index is -0.490. The first-order valence-electron chi connectivity index (χ1n) is 11.4. The molecule has 2 aliphatic rings. The van der Waals surface area contributed by atoms with E-state index in [4.69, 9.17) is 4.74 Å². The minimum absolute atomic E-state index is 0.0637. The van der Waals surface area contributed by atoms with Crippen LogP contribution in [0.25, 0.3) is 6.08 Å². The van der Waals surface area contributed by atoms with Crippen LogP contribution in [0, 0.1) is 5.82 Å². The van der Waals surface area contributed by atoms with E-state index in [0.717, 1.165) is 45.0 Å². The summed E-state index contributed by atoms with van der Waals surface area (Å²) in [5, 5.41) is 1.63. The van der Waals surface area contributed by atoms with Crippen LogP contribution < -0.4 is 10.2 Å². The predicted octanol–water partition coefficient (Wildman–Crippen LogP) is 7.34. The second kappa shape index (κ2) is 10.4. The van der Waals surface area contributed by atoms with E-state index in [1.54, 1.807) is 17.1 Å². The Labute approximate surface area is 220 Å². The van der Waals surface area contributed by atoms with Crippen LogP contribution in [0.15, 0.2) is 98.6 Å². The Kier molecular flexibility index (Phi) is 7.07. The Morgan fingerprint density at radius 1 is 1.00 bits per heavy atom. The first kappa shape index (κ1) is 23.8. The van der Waals surface area contributed by atoms with Gasteiger partial charge in [0.2, 0.25) is 0 Å². The smallest absolute Gasteiger partial charge is 0.279 e. The summed E-state index contributed by atoms with van der Waals surface area (Å²) in [6.07, 6.45) is 4.99. The minimum Gasteiger partial charge on any atom is -0.481 e. The number of hydrazine groups is 1. The topological polar surface area (TPSA) is 41.6 Å². The normalized spacial score (nSPS) is 18.4. The van der Waals surface area contributed by atoms with Crippen molar-refractivity contribution < 1.29 is 13.9 Å². The summed E-state index contributed by atoms with van der Waals surface area (Å²) < 4.78 is 21.6. The number of hydrogen-bond acceptors (Lipinski definition) is 3. The number of amides is 1. The Hall–Kier alpha value is -2.90. The van der Waals surface area contributed by atoms with Crippen molar-refractivity contribution >= 4 is 43.8 Å². The molecular formula is C28H23Br2FN2O2. The van der Waals surface area contributed by atoms with E-state index in [9.17, 15) is 9.18 Å². The van der Waals surface area contributed by atoms with Gasteiger partial charge in [0, 0.05) is 8.95 Å². The summed E-state index contributed by atoms with van der Waals surface area (Å²) in [7, 11) is 0. The zero-order valence-electron chi connectivity index (χ0n) is 18.8. The lowest BCUT2D eigenvalue weighted by atomic mass is 9.86. The fourth-order valence-corrected chi connectivity index (χ4v) is 5.09. The van der Waals surface area contributed by atoms with Crippen LogP contribution >= 0.6 is 31.9 Å². The molecule has 1 aliphatic heterocycles. The van der Waals surface area contributed by atoms with E-state index in [1.807, 2.05) is 36.4 Å². The fraction of sp³-hybridized carbons (Fsp3) is 0.179. The summed E-state index contributed by atoms with van der Waals surface area (Å²) in [5.41, 5.74) is 8.84. The van der Waals surface area contributed by atoms with E-state index >= 15 is 0 Å². The molecule has 1 atom stereocenters. The molecule has 3 aromatic rings. The SMILES string of the molecule is O=C(COc1ccccc1F)N1NC2=C(CCC/C2=C\c2ccc(Br)cc2)[C@H]1c1ccc(Br)cc1. The van der Waals surface area contributed by atoms with Gasteiger partial charge in [-0.3, -0.25) is 10.2 Å². The number of nitrogens with zero attached hydrogens (tertiary/aromatic N) is 1. The molecule has 1 heterocycles. The highest BCUT2D eigenvalue weighted by Crippen LogP contribution is 2.44. The van der Waals surface area contributed by atoms with E-state index in [1.165, 1.54) is 23.3 Å².